The van der Waals surface area contributed by atoms with Gasteiger partial charge in [0.25, 0.3) is 0 Å². The average Bonchev–Trinajstić information content (AvgIpc) is 3.26. The van der Waals surface area contributed by atoms with Crippen LogP contribution in [-0.2, 0) is 10.8 Å². The predicted octanol–water partition coefficient (Wildman–Crippen LogP) is 9.33. The van der Waals surface area contributed by atoms with E-state index in [0.29, 0.717) is 11.6 Å². The van der Waals surface area contributed by atoms with Crippen LogP contribution in [0.1, 0.15) is 52.7 Å². The van der Waals surface area contributed by atoms with Crippen LogP contribution in [0, 0.1) is 0 Å². The summed E-state index contributed by atoms with van der Waals surface area (Å²) in [5.41, 5.74) is 5.85. The molecule has 0 amide bonds. The first-order valence-corrected chi connectivity index (χ1v) is 14.0. The molecule has 5 heteroatoms. The highest BCUT2D eigenvalue weighted by Gasteiger charge is 2.20. The summed E-state index contributed by atoms with van der Waals surface area (Å²) in [4.78, 5) is 9.70. The van der Waals surface area contributed by atoms with Gasteiger partial charge in [0.2, 0.25) is 5.88 Å². The molecule has 0 spiro atoms. The summed E-state index contributed by atoms with van der Waals surface area (Å²) < 4.78 is 8.52. The number of aromatic nitrogens is 3. The molecule has 0 saturated carbocycles. The smallest absolute Gasteiger partial charge is 0.221 e. The molecule has 0 atom stereocenters. The largest absolute Gasteiger partial charge is 0.507 e. The van der Waals surface area contributed by atoms with Crippen molar-refractivity contribution in [2.45, 2.75) is 52.4 Å². The van der Waals surface area contributed by atoms with E-state index in [1.54, 1.807) is 6.07 Å². The van der Waals surface area contributed by atoms with Crippen molar-refractivity contribution in [3.63, 3.8) is 0 Å². The molecule has 0 aliphatic carbocycles. The third kappa shape index (κ3) is 5.04. The van der Waals surface area contributed by atoms with Gasteiger partial charge < -0.3 is 9.84 Å². The summed E-state index contributed by atoms with van der Waals surface area (Å²) in [6.45, 7) is 13.2. The van der Waals surface area contributed by atoms with E-state index in [4.69, 9.17) is 14.7 Å². The van der Waals surface area contributed by atoms with Crippen molar-refractivity contribution in [3.8, 4) is 34.3 Å². The molecule has 0 aliphatic heterocycles. The minimum absolute atomic E-state index is 0.0355. The Labute approximate surface area is 241 Å². The van der Waals surface area contributed by atoms with Gasteiger partial charge in [-0.15, -0.1) is 0 Å². The fourth-order valence-electron chi connectivity index (χ4n) is 5.21. The maximum Gasteiger partial charge on any atom is 0.221 e. The van der Waals surface area contributed by atoms with E-state index in [9.17, 15) is 5.11 Å². The first-order chi connectivity index (χ1) is 19.5. The number of para-hydroxylation sites is 1. The quantitative estimate of drug-likeness (QED) is 0.242. The zero-order valence-electron chi connectivity index (χ0n) is 24.4. The Hall–Kier alpha value is -4.64. The summed E-state index contributed by atoms with van der Waals surface area (Å²) in [5.74, 6) is 2.11. The zero-order valence-corrected chi connectivity index (χ0v) is 24.4. The Morgan fingerprint density at radius 1 is 0.707 bits per heavy atom. The second-order valence-corrected chi connectivity index (χ2v) is 12.6. The highest BCUT2D eigenvalue weighted by molar-refractivity contribution is 6.08. The topological polar surface area (TPSA) is 60.2 Å². The van der Waals surface area contributed by atoms with E-state index < -0.39 is 0 Å². The van der Waals surface area contributed by atoms with Gasteiger partial charge in [0.1, 0.15) is 23.0 Å². The van der Waals surface area contributed by atoms with Crippen molar-refractivity contribution in [1.82, 2.24) is 14.5 Å². The van der Waals surface area contributed by atoms with E-state index in [1.807, 2.05) is 60.8 Å². The maximum atomic E-state index is 10.6. The highest BCUT2D eigenvalue weighted by Crippen LogP contribution is 2.38. The molecule has 1 N–H and O–H groups in total. The van der Waals surface area contributed by atoms with Crippen molar-refractivity contribution in [3.05, 3.63) is 108 Å². The number of hydrogen-bond donors (Lipinski definition) is 1. The minimum atomic E-state index is -0.117. The summed E-state index contributed by atoms with van der Waals surface area (Å²) in [6, 6.07) is 30.0. The number of aromatic hydroxyl groups is 1. The molecule has 0 radical (unpaired) electrons. The molecule has 0 saturated heterocycles. The first-order valence-electron chi connectivity index (χ1n) is 14.0. The molecule has 41 heavy (non-hydrogen) atoms. The number of nitrogens with zero attached hydrogens (tertiary/aromatic N) is 3. The number of hydrogen-bond acceptors (Lipinski definition) is 4. The third-order valence-corrected chi connectivity index (χ3v) is 7.54. The Bertz CT molecular complexity index is 1910. The van der Waals surface area contributed by atoms with Gasteiger partial charge in [-0.1, -0.05) is 77.9 Å². The fraction of sp³-hybridized carbons (Fsp3) is 0.222. The van der Waals surface area contributed by atoms with E-state index in [0.717, 1.165) is 44.4 Å². The second kappa shape index (κ2) is 9.77. The number of benzene rings is 3. The van der Waals surface area contributed by atoms with Gasteiger partial charge >= 0.3 is 0 Å². The molecule has 206 valence electrons. The summed E-state index contributed by atoms with van der Waals surface area (Å²) in [7, 11) is 0. The Balaban J connectivity index is 1.46. The number of fused-ring (bicyclic) bond motifs is 3. The van der Waals surface area contributed by atoms with E-state index >= 15 is 0 Å². The van der Waals surface area contributed by atoms with E-state index in [2.05, 4.69) is 76.4 Å². The van der Waals surface area contributed by atoms with Gasteiger partial charge in [-0.25, -0.2) is 4.98 Å². The number of pyridine rings is 2. The van der Waals surface area contributed by atoms with Crippen LogP contribution in [0.3, 0.4) is 0 Å². The lowest BCUT2D eigenvalue weighted by Gasteiger charge is -2.21. The predicted molar refractivity (Wildman–Crippen MR) is 167 cm³/mol. The SMILES string of the molecule is CC(C)(C)c1cc(Oc2cccc(-n3c4ccc(C(C)(C)C)cc4c4cccnc43)n2)cc(-c2ccccc2O)c1. The number of phenols is 1. The lowest BCUT2D eigenvalue weighted by atomic mass is 9.85. The van der Waals surface area contributed by atoms with Crippen LogP contribution in [-0.4, -0.2) is 19.6 Å². The van der Waals surface area contributed by atoms with Crippen LogP contribution in [0.2, 0.25) is 0 Å². The van der Waals surface area contributed by atoms with Gasteiger partial charge in [0.05, 0.1) is 5.52 Å². The minimum Gasteiger partial charge on any atom is -0.507 e. The van der Waals surface area contributed by atoms with Gasteiger partial charge in [-0.05, 0) is 76.1 Å². The molecule has 3 heterocycles. The Morgan fingerprint density at radius 2 is 1.49 bits per heavy atom. The van der Waals surface area contributed by atoms with Gasteiger partial charge in [0, 0.05) is 28.6 Å². The van der Waals surface area contributed by atoms with Crippen LogP contribution >= 0.6 is 0 Å². The van der Waals surface area contributed by atoms with Crippen LogP contribution in [0.5, 0.6) is 17.4 Å². The molecule has 3 aromatic heterocycles. The molecular formula is C36H35N3O2. The monoisotopic (exact) mass is 541 g/mol. The molecule has 3 aromatic carbocycles. The molecule has 0 unspecified atom stereocenters. The summed E-state index contributed by atoms with van der Waals surface area (Å²) in [6.07, 6.45) is 1.82. The standard InChI is InChI=1S/C36H35N3O2/c1-35(2,3)24-16-17-30-29(22-24)28-12-10-18-37-34(28)39(30)32-14-9-15-33(38-32)41-26-20-23(19-25(21-26)36(4,5)6)27-11-7-8-13-31(27)40/h7-22,40H,1-6H3. The van der Waals surface area contributed by atoms with Gasteiger partial charge in [0.15, 0.2) is 0 Å². The van der Waals surface area contributed by atoms with Crippen molar-refractivity contribution in [2.75, 3.05) is 0 Å². The van der Waals surface area contributed by atoms with E-state index in [1.165, 1.54) is 5.56 Å². The Morgan fingerprint density at radius 3 is 2.24 bits per heavy atom. The molecular weight excluding hydrogens is 506 g/mol. The molecule has 6 aromatic rings. The number of phenolic OH excluding ortho intramolecular Hbond substituents is 1. The second-order valence-electron chi connectivity index (χ2n) is 12.6. The van der Waals surface area contributed by atoms with Crippen LogP contribution in [0.25, 0.3) is 38.9 Å². The zero-order chi connectivity index (χ0) is 28.9. The number of rotatable bonds is 4. The van der Waals surface area contributed by atoms with E-state index in [-0.39, 0.29) is 16.6 Å². The van der Waals surface area contributed by atoms with Crippen molar-refractivity contribution < 1.29 is 9.84 Å². The molecule has 5 nitrogen and oxygen atoms in total. The lowest BCUT2D eigenvalue weighted by molar-refractivity contribution is 0.459. The maximum absolute atomic E-state index is 10.6. The first kappa shape index (κ1) is 26.6. The van der Waals surface area contributed by atoms with Crippen molar-refractivity contribution in [1.29, 1.82) is 0 Å². The van der Waals surface area contributed by atoms with Crippen molar-refractivity contribution in [2.24, 2.45) is 0 Å². The van der Waals surface area contributed by atoms with Crippen LogP contribution < -0.4 is 4.74 Å². The molecule has 0 bridgehead atoms. The van der Waals surface area contributed by atoms with Crippen molar-refractivity contribution >= 4 is 21.9 Å². The Kier molecular flexibility index (Phi) is 6.33. The summed E-state index contributed by atoms with van der Waals surface area (Å²) in [5, 5.41) is 12.8. The van der Waals surface area contributed by atoms with Crippen LogP contribution in [0.4, 0.5) is 0 Å². The third-order valence-electron chi connectivity index (χ3n) is 7.54. The van der Waals surface area contributed by atoms with Crippen LogP contribution in [0.15, 0.2) is 97.2 Å². The lowest BCUT2D eigenvalue weighted by Crippen LogP contribution is -2.11. The summed E-state index contributed by atoms with van der Waals surface area (Å²) >= 11 is 0. The fourth-order valence-corrected chi connectivity index (χ4v) is 5.21. The van der Waals surface area contributed by atoms with Gasteiger partial charge in [-0.3, -0.25) is 4.57 Å². The average molecular weight is 542 g/mol. The molecule has 0 fully saturated rings. The molecule has 6 rings (SSSR count). The number of ether oxygens (including phenoxy) is 1. The molecule has 0 aliphatic rings. The highest BCUT2D eigenvalue weighted by atomic mass is 16.5. The van der Waals surface area contributed by atoms with Gasteiger partial charge in [-0.2, -0.15) is 4.98 Å². The normalized spacial score (nSPS) is 12.2.